The molecule has 2 saturated heterocycles. The number of rotatable bonds is 7. The molecule has 37 heavy (non-hydrogen) atoms. The number of piperidine rings is 1. The van der Waals surface area contributed by atoms with E-state index in [9.17, 15) is 9.18 Å². The standard InChI is InChI=1S/C29H39FN6O/c1-21(2)19-32-26-22(8-7-15-31-26)20-35-16-13-29(14-17-35)27(33-24-10-4-3-5-11-24)34-28(37)36(29)25-12-6-9-23(30)18-25/h6-9,12,15,18,21,24H,3-5,10-11,13-14,16-17,19-20H2,1-2H3,(H,31,32)(H,33,34,37). The van der Waals surface area contributed by atoms with Gasteiger partial charge >= 0.3 is 6.03 Å². The third kappa shape index (κ3) is 5.64. The number of halogens is 1. The van der Waals surface area contributed by atoms with Crippen molar-refractivity contribution < 1.29 is 9.18 Å². The van der Waals surface area contributed by atoms with Crippen LogP contribution in [0.15, 0.2) is 47.6 Å². The summed E-state index contributed by atoms with van der Waals surface area (Å²) in [6.07, 6.45) is 9.06. The lowest BCUT2D eigenvalue weighted by Gasteiger charge is -2.44. The van der Waals surface area contributed by atoms with Crippen LogP contribution in [-0.2, 0) is 6.54 Å². The number of pyridine rings is 1. The Morgan fingerprint density at radius 2 is 1.95 bits per heavy atom. The maximum atomic E-state index is 14.2. The monoisotopic (exact) mass is 506 g/mol. The molecule has 0 unspecified atom stereocenters. The van der Waals surface area contributed by atoms with Crippen molar-refractivity contribution >= 4 is 23.4 Å². The molecule has 7 nitrogen and oxygen atoms in total. The van der Waals surface area contributed by atoms with Crippen molar-refractivity contribution in [2.24, 2.45) is 10.9 Å². The number of amidine groups is 1. The number of amides is 2. The van der Waals surface area contributed by atoms with Crippen LogP contribution < -0.4 is 15.5 Å². The van der Waals surface area contributed by atoms with Crippen LogP contribution in [0.3, 0.4) is 0 Å². The highest BCUT2D eigenvalue weighted by atomic mass is 19.1. The van der Waals surface area contributed by atoms with E-state index in [1.165, 1.54) is 37.0 Å². The second kappa shape index (κ2) is 11.2. The molecule has 1 aromatic heterocycles. The van der Waals surface area contributed by atoms with Crippen molar-refractivity contribution in [2.75, 3.05) is 29.9 Å². The van der Waals surface area contributed by atoms with Crippen LogP contribution in [-0.4, -0.2) is 53.0 Å². The Labute approximate surface area is 219 Å². The molecule has 1 saturated carbocycles. The minimum atomic E-state index is -0.577. The van der Waals surface area contributed by atoms with E-state index < -0.39 is 5.54 Å². The zero-order chi connectivity index (χ0) is 25.8. The maximum Gasteiger partial charge on any atom is 0.328 e. The van der Waals surface area contributed by atoms with Crippen molar-refractivity contribution in [1.29, 1.82) is 0 Å². The maximum absolute atomic E-state index is 14.2. The summed E-state index contributed by atoms with van der Waals surface area (Å²) in [5.41, 5.74) is 1.19. The third-order valence-electron chi connectivity index (χ3n) is 7.90. The number of hydrogen-bond donors (Lipinski definition) is 2. The highest BCUT2D eigenvalue weighted by Gasteiger charge is 2.53. The number of aliphatic imine (C=N–C) groups is 1. The number of hydrogen-bond acceptors (Lipinski definition) is 5. The molecule has 0 bridgehead atoms. The first-order valence-corrected chi connectivity index (χ1v) is 13.8. The highest BCUT2D eigenvalue weighted by molar-refractivity contribution is 6.19. The molecule has 3 aliphatic rings. The van der Waals surface area contributed by atoms with Gasteiger partial charge in [0.2, 0.25) is 0 Å². The van der Waals surface area contributed by atoms with Crippen LogP contribution in [0.1, 0.15) is 64.4 Å². The molecule has 0 atom stereocenters. The van der Waals surface area contributed by atoms with Gasteiger partial charge in [-0.3, -0.25) is 20.1 Å². The quantitative estimate of drug-likeness (QED) is 0.514. The van der Waals surface area contributed by atoms with Gasteiger partial charge in [0.15, 0.2) is 0 Å². The largest absolute Gasteiger partial charge is 0.370 e. The first-order valence-electron chi connectivity index (χ1n) is 13.8. The lowest BCUT2D eigenvalue weighted by molar-refractivity contribution is 0.184. The van der Waals surface area contributed by atoms with Gasteiger partial charge in [0.1, 0.15) is 23.0 Å². The summed E-state index contributed by atoms with van der Waals surface area (Å²) in [6, 6.07) is 10.5. The Morgan fingerprint density at radius 1 is 1.16 bits per heavy atom. The summed E-state index contributed by atoms with van der Waals surface area (Å²) in [5.74, 6) is 1.91. The van der Waals surface area contributed by atoms with Gasteiger partial charge in [0, 0.05) is 43.6 Å². The molecular formula is C29H39FN6O. The molecule has 5 rings (SSSR count). The summed E-state index contributed by atoms with van der Waals surface area (Å²) in [7, 11) is 0. The van der Waals surface area contributed by atoms with Crippen molar-refractivity contribution in [3.63, 3.8) is 0 Å². The number of benzene rings is 1. The van der Waals surface area contributed by atoms with Crippen molar-refractivity contribution in [2.45, 2.75) is 76.9 Å². The average molecular weight is 507 g/mol. The molecule has 198 valence electrons. The van der Waals surface area contributed by atoms with Gasteiger partial charge in [-0.15, -0.1) is 0 Å². The molecule has 0 radical (unpaired) electrons. The predicted octanol–water partition coefficient (Wildman–Crippen LogP) is 5.58. The Kier molecular flexibility index (Phi) is 7.74. The number of urea groups is 1. The summed E-state index contributed by atoms with van der Waals surface area (Å²) in [5, 5.41) is 6.59. The van der Waals surface area contributed by atoms with Gasteiger partial charge in [0.25, 0.3) is 0 Å². The molecule has 1 aromatic carbocycles. The molecule has 3 heterocycles. The Hall–Kier alpha value is -3.00. The second-order valence-corrected chi connectivity index (χ2v) is 11.1. The fourth-order valence-electron chi connectivity index (χ4n) is 5.91. The number of anilines is 2. The second-order valence-electron chi connectivity index (χ2n) is 11.1. The fraction of sp³-hybridized carbons (Fsp3) is 0.552. The fourth-order valence-corrected chi connectivity index (χ4v) is 5.91. The summed E-state index contributed by atoms with van der Waals surface area (Å²) < 4.78 is 14.2. The smallest absolute Gasteiger partial charge is 0.328 e. The highest BCUT2D eigenvalue weighted by Crippen LogP contribution is 2.39. The molecule has 3 fully saturated rings. The number of carbonyl (C=O) groups excluding carboxylic acids is 1. The van der Waals surface area contributed by atoms with E-state index in [-0.39, 0.29) is 17.9 Å². The Balaban J connectivity index is 1.38. The molecule has 2 N–H and O–H groups in total. The number of carbonyl (C=O) groups is 1. The van der Waals surface area contributed by atoms with Crippen LogP contribution in [0.2, 0.25) is 0 Å². The zero-order valence-electron chi connectivity index (χ0n) is 22.0. The average Bonchev–Trinajstić information content (AvgIpc) is 3.15. The lowest BCUT2D eigenvalue weighted by atomic mass is 9.84. The zero-order valence-corrected chi connectivity index (χ0v) is 22.0. The summed E-state index contributed by atoms with van der Waals surface area (Å²) in [4.78, 5) is 27.2. The predicted molar refractivity (Wildman–Crippen MR) is 147 cm³/mol. The van der Waals surface area contributed by atoms with Crippen molar-refractivity contribution in [3.05, 3.63) is 54.0 Å². The van der Waals surface area contributed by atoms with Crippen LogP contribution in [0, 0.1) is 11.7 Å². The van der Waals surface area contributed by atoms with E-state index >= 15 is 0 Å². The lowest BCUT2D eigenvalue weighted by Crippen LogP contribution is -2.57. The van der Waals surface area contributed by atoms with Gasteiger partial charge < -0.3 is 5.32 Å². The van der Waals surface area contributed by atoms with E-state index in [0.717, 1.165) is 63.5 Å². The number of nitrogens with one attached hydrogen (secondary N) is 2. The van der Waals surface area contributed by atoms with E-state index in [1.807, 2.05) is 18.3 Å². The summed E-state index contributed by atoms with van der Waals surface area (Å²) in [6.45, 7) is 7.66. The minimum Gasteiger partial charge on any atom is -0.370 e. The Morgan fingerprint density at radius 3 is 2.68 bits per heavy atom. The van der Waals surface area contributed by atoms with Crippen LogP contribution in [0.4, 0.5) is 20.7 Å². The van der Waals surface area contributed by atoms with Crippen LogP contribution in [0.25, 0.3) is 0 Å². The van der Waals surface area contributed by atoms with E-state index in [2.05, 4.69) is 40.4 Å². The SMILES string of the molecule is CC(C)CNc1ncccc1CN1CCC2(CC1)C(=NC1CCCCC1)NC(=O)N2c1cccc(F)c1. The minimum absolute atomic E-state index is 0.207. The topological polar surface area (TPSA) is 72.9 Å². The Bertz CT molecular complexity index is 1120. The first-order chi connectivity index (χ1) is 17.9. The van der Waals surface area contributed by atoms with Gasteiger partial charge in [-0.2, -0.15) is 0 Å². The third-order valence-corrected chi connectivity index (χ3v) is 7.90. The molecular weight excluding hydrogens is 467 g/mol. The molecule has 2 aromatic rings. The normalized spacial score (nSPS) is 21.7. The molecule has 1 spiro atoms. The van der Waals surface area contributed by atoms with Gasteiger partial charge in [-0.25, -0.2) is 14.2 Å². The van der Waals surface area contributed by atoms with Crippen molar-refractivity contribution in [3.8, 4) is 0 Å². The first kappa shape index (κ1) is 25.6. The molecule has 2 amide bonds. The van der Waals surface area contributed by atoms with E-state index in [1.54, 1.807) is 11.0 Å². The molecule has 2 aliphatic heterocycles. The van der Waals surface area contributed by atoms with Gasteiger partial charge in [-0.1, -0.05) is 45.2 Å². The van der Waals surface area contributed by atoms with Crippen molar-refractivity contribution in [1.82, 2.24) is 15.2 Å². The number of nitrogens with zero attached hydrogens (tertiary/aromatic N) is 4. The number of aromatic nitrogens is 1. The molecule has 8 heteroatoms. The van der Waals surface area contributed by atoms with E-state index in [0.29, 0.717) is 11.6 Å². The number of likely N-dealkylation sites (tertiary alicyclic amines) is 1. The molecule has 1 aliphatic carbocycles. The van der Waals surface area contributed by atoms with Gasteiger partial charge in [0.05, 0.1) is 6.04 Å². The van der Waals surface area contributed by atoms with E-state index in [4.69, 9.17) is 4.99 Å². The van der Waals surface area contributed by atoms with Gasteiger partial charge in [-0.05, 0) is 55.9 Å². The van der Waals surface area contributed by atoms with Crippen LogP contribution >= 0.6 is 0 Å². The summed E-state index contributed by atoms with van der Waals surface area (Å²) >= 11 is 0. The van der Waals surface area contributed by atoms with Crippen LogP contribution in [0.5, 0.6) is 0 Å².